The third-order valence-electron chi connectivity index (χ3n) is 11.0. The van der Waals surface area contributed by atoms with Crippen LogP contribution in [0.4, 0.5) is 4.79 Å². The smallest absolute Gasteiger partial charge is 0.410 e. The Kier molecular flexibility index (Phi) is 25.6. The number of rotatable bonds is 27. The summed E-state index contributed by atoms with van der Waals surface area (Å²) in [6, 6.07) is 29.0. The minimum Gasteiger partial charge on any atom is -0.444 e. The topological polar surface area (TPSA) is 316 Å². The maximum atomic E-state index is 14.5. The Labute approximate surface area is 483 Å². The number of nitrogens with one attached hydrogen (secondary N) is 6. The number of imide groups is 1. The van der Waals surface area contributed by atoms with Crippen molar-refractivity contribution in [2.24, 2.45) is 0 Å². The van der Waals surface area contributed by atoms with E-state index in [-0.39, 0.29) is 47.8 Å². The van der Waals surface area contributed by atoms with Crippen molar-refractivity contribution in [2.45, 2.75) is 76.5 Å². The van der Waals surface area contributed by atoms with Gasteiger partial charge in [-0.2, -0.15) is 0 Å². The molecule has 4 atom stereocenters. The maximum Gasteiger partial charge on any atom is 0.410 e. The fraction of sp³-hybridized carbons (Fsp3) is 0.327. The van der Waals surface area contributed by atoms with Gasteiger partial charge in [0.25, 0.3) is 0 Å². The Morgan fingerprint density at radius 1 is 0.506 bits per heavy atom. The van der Waals surface area contributed by atoms with E-state index >= 15 is 0 Å². The van der Waals surface area contributed by atoms with Gasteiger partial charge in [0.15, 0.2) is 6.23 Å². The molecule has 4 aromatic rings. The van der Waals surface area contributed by atoms with Crippen LogP contribution in [0.15, 0.2) is 121 Å². The standard InChI is InChI=1S/C55H59N7O15S4/c1-55(2,3)77-54(75)61-45(29-57-48(69)38(58-42(64)31-79-51(72)35-18-10-5-11-19-35)26-27-56-41(63)30-78-50(71)34-16-8-4-9-17-34)76-49(70)39(59-43(65)32-80-52(73)36-20-12-6-13-21-36)28-40(62-46(67)24-25-47(62)68)60-44(66)33-81-53(74)37-22-14-7-15-23-37/h4-23,38-40,45H,24-33H2,1-3H3,(H,56,63)(H,57,69)(H,58,64)(H,59,65)(H,60,66)(H,61,75). The van der Waals surface area contributed by atoms with Crippen molar-refractivity contribution < 1.29 is 71.8 Å². The molecule has 81 heavy (non-hydrogen) atoms. The van der Waals surface area contributed by atoms with Gasteiger partial charge in [-0.25, -0.2) is 9.59 Å². The molecule has 0 spiro atoms. The van der Waals surface area contributed by atoms with Gasteiger partial charge >= 0.3 is 12.1 Å². The molecular formula is C55H59N7O15S4. The third kappa shape index (κ3) is 22.7. The van der Waals surface area contributed by atoms with E-state index in [0.717, 1.165) is 11.8 Å². The van der Waals surface area contributed by atoms with Crippen molar-refractivity contribution in [2.75, 3.05) is 36.1 Å². The first-order valence-corrected chi connectivity index (χ1v) is 29.0. The van der Waals surface area contributed by atoms with Crippen LogP contribution in [0.25, 0.3) is 0 Å². The Hall–Kier alpha value is -7.81. The van der Waals surface area contributed by atoms with Crippen LogP contribution in [0.1, 0.15) is 87.9 Å². The lowest BCUT2D eigenvalue weighted by atomic mass is 10.1. The number of nitrogens with zero attached hydrogens (tertiary/aromatic N) is 1. The summed E-state index contributed by atoms with van der Waals surface area (Å²) in [6.45, 7) is 3.61. The molecule has 8 amide bonds. The van der Waals surface area contributed by atoms with Gasteiger partial charge in [0.05, 0.1) is 29.6 Å². The lowest BCUT2D eigenvalue weighted by molar-refractivity contribution is -0.156. The average molecular weight is 1190 g/mol. The normalized spacial score (nSPS) is 13.5. The van der Waals surface area contributed by atoms with Crippen LogP contribution < -0.4 is 31.9 Å². The number of hydrogen-bond donors (Lipinski definition) is 6. The lowest BCUT2D eigenvalue weighted by Gasteiger charge is -2.31. The number of hydrogen-bond acceptors (Lipinski definition) is 19. The van der Waals surface area contributed by atoms with Gasteiger partial charge in [0, 0.05) is 48.1 Å². The molecule has 0 radical (unpaired) electrons. The summed E-state index contributed by atoms with van der Waals surface area (Å²) in [7, 11) is 0. The van der Waals surface area contributed by atoms with E-state index in [0.29, 0.717) is 51.3 Å². The van der Waals surface area contributed by atoms with Crippen molar-refractivity contribution in [3.63, 3.8) is 0 Å². The molecule has 22 nitrogen and oxygen atoms in total. The van der Waals surface area contributed by atoms with E-state index in [1.54, 1.807) is 97.1 Å². The molecule has 428 valence electrons. The second kappa shape index (κ2) is 32.4. The molecule has 0 saturated carbocycles. The van der Waals surface area contributed by atoms with Gasteiger partial charge in [-0.15, -0.1) is 0 Å². The zero-order valence-corrected chi connectivity index (χ0v) is 47.4. The van der Waals surface area contributed by atoms with Crippen molar-refractivity contribution in [3.8, 4) is 0 Å². The summed E-state index contributed by atoms with van der Waals surface area (Å²) in [5.41, 5.74) is 0.123. The van der Waals surface area contributed by atoms with E-state index in [9.17, 15) is 62.3 Å². The van der Waals surface area contributed by atoms with Crippen molar-refractivity contribution >= 4 is 121 Å². The quantitative estimate of drug-likeness (QED) is 0.0276. The number of esters is 1. The molecule has 1 aliphatic heterocycles. The SMILES string of the molecule is CC(C)(C)OC(=O)NC(CNC(=O)C(CCNC(=O)CSC(=O)c1ccccc1)NC(=O)CSC(=O)c1ccccc1)OC(=O)C(CC(NC(=O)CSC(=O)c1ccccc1)N1C(=O)CCC1=O)NC(=O)CSC(=O)c1ccccc1. The summed E-state index contributed by atoms with van der Waals surface area (Å²) in [4.78, 5) is 174. The molecule has 0 bridgehead atoms. The zero-order chi connectivity index (χ0) is 58.9. The number of benzene rings is 4. The summed E-state index contributed by atoms with van der Waals surface area (Å²) in [6.07, 6.45) is -6.21. The number of carbonyl (C=O) groups is 13. The second-order valence-corrected chi connectivity index (χ2v) is 22.2. The molecule has 26 heteroatoms. The Morgan fingerprint density at radius 3 is 1.30 bits per heavy atom. The molecule has 4 aromatic carbocycles. The van der Waals surface area contributed by atoms with Crippen molar-refractivity contribution in [3.05, 3.63) is 144 Å². The van der Waals surface area contributed by atoms with E-state index in [2.05, 4.69) is 31.9 Å². The second-order valence-electron chi connectivity index (χ2n) is 18.4. The molecule has 1 aliphatic rings. The minimum atomic E-state index is -1.89. The number of thioether (sulfide) groups is 4. The Morgan fingerprint density at radius 2 is 0.889 bits per heavy atom. The van der Waals surface area contributed by atoms with Crippen LogP contribution in [0, 0.1) is 0 Å². The number of amides is 8. The molecule has 0 aromatic heterocycles. The van der Waals surface area contributed by atoms with E-state index < -0.39 is 129 Å². The van der Waals surface area contributed by atoms with Gasteiger partial charge in [-0.05, 0) is 27.2 Å². The predicted octanol–water partition coefficient (Wildman–Crippen LogP) is 4.25. The van der Waals surface area contributed by atoms with Crippen LogP contribution >= 0.6 is 47.0 Å². The fourth-order valence-corrected chi connectivity index (χ4v) is 9.85. The van der Waals surface area contributed by atoms with E-state index in [1.807, 2.05) is 0 Å². The van der Waals surface area contributed by atoms with Gasteiger partial charge in [0.2, 0.25) is 61.8 Å². The molecule has 1 heterocycles. The van der Waals surface area contributed by atoms with Crippen LogP contribution in [0.2, 0.25) is 0 Å². The number of carbonyl (C=O) groups excluding carboxylic acids is 13. The van der Waals surface area contributed by atoms with Crippen LogP contribution in [0.3, 0.4) is 0 Å². The van der Waals surface area contributed by atoms with Crippen LogP contribution in [-0.4, -0.2) is 145 Å². The average Bonchev–Trinajstić information content (AvgIpc) is 3.81. The first kappa shape index (κ1) is 64.0. The summed E-state index contributed by atoms with van der Waals surface area (Å²) < 4.78 is 11.1. The number of ether oxygens (including phenoxy) is 2. The Balaban J connectivity index is 1.37. The molecule has 6 N–H and O–H groups in total. The van der Waals surface area contributed by atoms with Crippen molar-refractivity contribution in [1.29, 1.82) is 0 Å². The maximum absolute atomic E-state index is 14.5. The molecule has 5 rings (SSSR count). The van der Waals surface area contributed by atoms with E-state index in [4.69, 9.17) is 9.47 Å². The van der Waals surface area contributed by atoms with Crippen LogP contribution in [-0.2, 0) is 47.8 Å². The third-order valence-corrected chi connectivity index (χ3v) is 14.6. The molecule has 4 unspecified atom stereocenters. The van der Waals surface area contributed by atoms with Crippen LogP contribution in [0.5, 0.6) is 0 Å². The number of likely N-dealkylation sites (tertiary alicyclic amines) is 1. The first-order chi connectivity index (χ1) is 38.6. The zero-order valence-electron chi connectivity index (χ0n) is 44.1. The predicted molar refractivity (Wildman–Crippen MR) is 304 cm³/mol. The monoisotopic (exact) mass is 1190 g/mol. The highest BCUT2D eigenvalue weighted by molar-refractivity contribution is 8.15. The summed E-state index contributed by atoms with van der Waals surface area (Å²) in [5.74, 6) is -8.71. The lowest BCUT2D eigenvalue weighted by Crippen LogP contribution is -2.57. The molecule has 1 saturated heterocycles. The molecule has 0 aliphatic carbocycles. The van der Waals surface area contributed by atoms with Gasteiger partial charge in [0.1, 0.15) is 23.9 Å². The minimum absolute atomic E-state index is 0.222. The van der Waals surface area contributed by atoms with E-state index in [1.165, 1.54) is 45.0 Å². The number of alkyl carbamates (subject to hydrolysis) is 1. The highest BCUT2D eigenvalue weighted by atomic mass is 32.2. The van der Waals surface area contributed by atoms with Gasteiger partial charge < -0.3 is 36.1 Å². The largest absolute Gasteiger partial charge is 0.444 e. The highest BCUT2D eigenvalue weighted by Crippen LogP contribution is 2.21. The Bertz CT molecular complexity index is 2900. The summed E-state index contributed by atoms with van der Waals surface area (Å²) >= 11 is 2.60. The summed E-state index contributed by atoms with van der Waals surface area (Å²) in [5, 5.41) is 13.1. The molecule has 1 fully saturated rings. The van der Waals surface area contributed by atoms with Gasteiger partial charge in [-0.1, -0.05) is 168 Å². The fourth-order valence-electron chi connectivity index (χ4n) is 7.24. The molecular weight excluding hydrogens is 1130 g/mol. The first-order valence-electron chi connectivity index (χ1n) is 25.0. The highest BCUT2D eigenvalue weighted by Gasteiger charge is 2.40. The van der Waals surface area contributed by atoms with Crippen molar-refractivity contribution in [1.82, 2.24) is 36.8 Å². The van der Waals surface area contributed by atoms with Gasteiger partial charge in [-0.3, -0.25) is 63.0 Å².